The van der Waals surface area contributed by atoms with Crippen molar-refractivity contribution in [3.63, 3.8) is 0 Å². The lowest BCUT2D eigenvalue weighted by Crippen LogP contribution is -2.55. The predicted octanol–water partition coefficient (Wildman–Crippen LogP) is 0.996. The third kappa shape index (κ3) is 3.44. The summed E-state index contributed by atoms with van der Waals surface area (Å²) in [6.45, 7) is 1.33. The molecule has 1 aliphatic rings. The number of likely N-dealkylation sites (tertiary alicyclic amines) is 1. The second-order valence-electron chi connectivity index (χ2n) is 5.86. The molecule has 3 rings (SSSR count). The molecular weight excluding hydrogens is 326 g/mol. The van der Waals surface area contributed by atoms with Gasteiger partial charge in [-0.1, -0.05) is 6.07 Å². The SMILES string of the molecule is NC(=O)[C@]1(c2ccccn2)CCCN(CC(=O)Nc2nccs2)C1. The number of nitrogens with two attached hydrogens (primary N) is 1. The van der Waals surface area contributed by atoms with E-state index in [1.807, 2.05) is 17.0 Å². The molecule has 2 amide bonds. The molecule has 3 N–H and O–H groups in total. The van der Waals surface area contributed by atoms with E-state index >= 15 is 0 Å². The first-order valence-electron chi connectivity index (χ1n) is 7.73. The summed E-state index contributed by atoms with van der Waals surface area (Å²) in [7, 11) is 0. The Morgan fingerprint density at radius 3 is 2.88 bits per heavy atom. The minimum atomic E-state index is -0.846. The molecule has 0 saturated carbocycles. The summed E-state index contributed by atoms with van der Waals surface area (Å²) in [5.74, 6) is -0.544. The van der Waals surface area contributed by atoms with Crippen molar-refractivity contribution in [3.05, 3.63) is 41.7 Å². The minimum absolute atomic E-state index is 0.147. The standard InChI is InChI=1S/C16H19N5O2S/c17-14(23)16(12-4-1-2-6-18-12)5-3-8-21(11-16)10-13(22)20-15-19-7-9-24-15/h1-2,4,6-7,9H,3,5,8,10-11H2,(H2,17,23)(H,19,20,22)/t16-/m1/s1. The second kappa shape index (κ2) is 7.06. The van der Waals surface area contributed by atoms with E-state index in [0.717, 1.165) is 13.0 Å². The fourth-order valence-electron chi connectivity index (χ4n) is 3.11. The fourth-order valence-corrected chi connectivity index (χ4v) is 3.65. The van der Waals surface area contributed by atoms with Crippen molar-refractivity contribution >= 4 is 28.3 Å². The van der Waals surface area contributed by atoms with Gasteiger partial charge in [-0.15, -0.1) is 11.3 Å². The number of anilines is 1. The quantitative estimate of drug-likeness (QED) is 0.842. The molecule has 3 heterocycles. The van der Waals surface area contributed by atoms with Crippen molar-refractivity contribution < 1.29 is 9.59 Å². The van der Waals surface area contributed by atoms with Crippen LogP contribution in [0.4, 0.5) is 5.13 Å². The summed E-state index contributed by atoms with van der Waals surface area (Å²) in [4.78, 5) is 34.7. The van der Waals surface area contributed by atoms with Crippen LogP contribution >= 0.6 is 11.3 Å². The Morgan fingerprint density at radius 2 is 2.21 bits per heavy atom. The van der Waals surface area contributed by atoms with Crippen LogP contribution in [0.1, 0.15) is 18.5 Å². The molecule has 2 aromatic rings. The lowest BCUT2D eigenvalue weighted by Gasteiger charge is -2.39. The van der Waals surface area contributed by atoms with Crippen LogP contribution in [0.5, 0.6) is 0 Å². The number of nitrogens with zero attached hydrogens (tertiary/aromatic N) is 3. The molecule has 1 saturated heterocycles. The number of nitrogens with one attached hydrogen (secondary N) is 1. The maximum Gasteiger partial charge on any atom is 0.240 e. The Bertz CT molecular complexity index is 707. The van der Waals surface area contributed by atoms with Gasteiger partial charge in [-0.3, -0.25) is 19.5 Å². The molecule has 2 aromatic heterocycles. The molecule has 0 spiro atoms. The maximum atomic E-state index is 12.2. The molecule has 0 radical (unpaired) electrons. The number of amides is 2. The van der Waals surface area contributed by atoms with Crippen LogP contribution in [0.15, 0.2) is 36.0 Å². The molecular formula is C16H19N5O2S. The van der Waals surface area contributed by atoms with Gasteiger partial charge in [0, 0.05) is 24.3 Å². The lowest BCUT2D eigenvalue weighted by atomic mass is 9.76. The van der Waals surface area contributed by atoms with Gasteiger partial charge in [0.25, 0.3) is 0 Å². The van der Waals surface area contributed by atoms with Crippen molar-refractivity contribution in [1.82, 2.24) is 14.9 Å². The zero-order chi connectivity index (χ0) is 17.0. The summed E-state index contributed by atoms with van der Waals surface area (Å²) in [6, 6.07) is 5.48. The van der Waals surface area contributed by atoms with Crippen LogP contribution in [0.3, 0.4) is 0 Å². The number of aromatic nitrogens is 2. The van der Waals surface area contributed by atoms with Crippen molar-refractivity contribution in [2.45, 2.75) is 18.3 Å². The predicted molar refractivity (Wildman–Crippen MR) is 91.5 cm³/mol. The Morgan fingerprint density at radius 1 is 1.33 bits per heavy atom. The van der Waals surface area contributed by atoms with Crippen LogP contribution in [0.25, 0.3) is 0 Å². The van der Waals surface area contributed by atoms with Gasteiger partial charge in [-0.25, -0.2) is 4.98 Å². The van der Waals surface area contributed by atoms with E-state index in [4.69, 9.17) is 5.73 Å². The molecule has 0 unspecified atom stereocenters. The molecule has 126 valence electrons. The molecule has 0 bridgehead atoms. The van der Waals surface area contributed by atoms with Crippen molar-refractivity contribution in [2.24, 2.45) is 5.73 Å². The highest BCUT2D eigenvalue weighted by molar-refractivity contribution is 7.13. The first-order valence-corrected chi connectivity index (χ1v) is 8.61. The maximum absolute atomic E-state index is 12.2. The number of hydrogen-bond donors (Lipinski definition) is 2. The zero-order valence-electron chi connectivity index (χ0n) is 13.1. The molecule has 1 fully saturated rings. The molecule has 8 heteroatoms. The number of carbonyl (C=O) groups is 2. The molecule has 24 heavy (non-hydrogen) atoms. The largest absolute Gasteiger partial charge is 0.369 e. The van der Waals surface area contributed by atoms with E-state index in [1.54, 1.807) is 23.8 Å². The van der Waals surface area contributed by atoms with Crippen LogP contribution < -0.4 is 11.1 Å². The smallest absolute Gasteiger partial charge is 0.240 e. The number of piperidine rings is 1. The second-order valence-corrected chi connectivity index (χ2v) is 6.76. The van der Waals surface area contributed by atoms with Crippen molar-refractivity contribution in [1.29, 1.82) is 0 Å². The van der Waals surface area contributed by atoms with Crippen LogP contribution in [0.2, 0.25) is 0 Å². The van der Waals surface area contributed by atoms with E-state index in [-0.39, 0.29) is 12.5 Å². The van der Waals surface area contributed by atoms with E-state index < -0.39 is 11.3 Å². The van der Waals surface area contributed by atoms with Gasteiger partial charge in [0.05, 0.1) is 12.2 Å². The summed E-state index contributed by atoms with van der Waals surface area (Å²) in [6.07, 6.45) is 4.72. The Kier molecular flexibility index (Phi) is 4.86. The average molecular weight is 345 g/mol. The third-order valence-corrected chi connectivity index (χ3v) is 4.93. The highest BCUT2D eigenvalue weighted by Gasteiger charge is 2.43. The van der Waals surface area contributed by atoms with E-state index in [9.17, 15) is 9.59 Å². The summed E-state index contributed by atoms with van der Waals surface area (Å²) in [5, 5.41) is 5.13. The molecule has 0 aromatic carbocycles. The molecule has 7 nitrogen and oxygen atoms in total. The van der Waals surface area contributed by atoms with Gasteiger partial charge in [0.2, 0.25) is 11.8 Å². The van der Waals surface area contributed by atoms with Crippen LogP contribution in [-0.4, -0.2) is 46.3 Å². The normalized spacial score (nSPS) is 21.3. The zero-order valence-corrected chi connectivity index (χ0v) is 14.0. The number of carbonyl (C=O) groups excluding carboxylic acids is 2. The van der Waals surface area contributed by atoms with E-state index in [2.05, 4.69) is 15.3 Å². The number of primary amides is 1. The highest BCUT2D eigenvalue weighted by Crippen LogP contribution is 2.32. The minimum Gasteiger partial charge on any atom is -0.369 e. The van der Waals surface area contributed by atoms with Gasteiger partial charge < -0.3 is 11.1 Å². The van der Waals surface area contributed by atoms with Gasteiger partial charge in [0.15, 0.2) is 5.13 Å². The Balaban J connectivity index is 1.72. The van der Waals surface area contributed by atoms with Crippen LogP contribution in [0, 0.1) is 0 Å². The lowest BCUT2D eigenvalue weighted by molar-refractivity contribution is -0.127. The summed E-state index contributed by atoms with van der Waals surface area (Å²) >= 11 is 1.37. The molecule has 1 atom stereocenters. The van der Waals surface area contributed by atoms with Gasteiger partial charge in [-0.05, 0) is 31.5 Å². The number of pyridine rings is 1. The topological polar surface area (TPSA) is 101 Å². The summed E-state index contributed by atoms with van der Waals surface area (Å²) < 4.78 is 0. The van der Waals surface area contributed by atoms with Crippen LogP contribution in [-0.2, 0) is 15.0 Å². The molecule has 0 aliphatic carbocycles. The first-order chi connectivity index (χ1) is 11.6. The number of hydrogen-bond acceptors (Lipinski definition) is 6. The first kappa shape index (κ1) is 16.5. The van der Waals surface area contributed by atoms with Gasteiger partial charge in [0.1, 0.15) is 5.41 Å². The Labute approximate surface area is 143 Å². The fraction of sp³-hybridized carbons (Fsp3) is 0.375. The van der Waals surface area contributed by atoms with Crippen molar-refractivity contribution in [2.75, 3.05) is 25.0 Å². The van der Waals surface area contributed by atoms with E-state index in [1.165, 1.54) is 11.3 Å². The van der Waals surface area contributed by atoms with Crippen molar-refractivity contribution in [3.8, 4) is 0 Å². The summed E-state index contributed by atoms with van der Waals surface area (Å²) in [5.41, 5.74) is 5.55. The van der Waals surface area contributed by atoms with Gasteiger partial charge >= 0.3 is 0 Å². The van der Waals surface area contributed by atoms with Gasteiger partial charge in [-0.2, -0.15) is 0 Å². The monoisotopic (exact) mass is 345 g/mol. The highest BCUT2D eigenvalue weighted by atomic mass is 32.1. The third-order valence-electron chi connectivity index (χ3n) is 4.24. The van der Waals surface area contributed by atoms with E-state index in [0.29, 0.717) is 23.8 Å². The average Bonchev–Trinajstić information content (AvgIpc) is 3.08. The molecule has 1 aliphatic heterocycles. The Hall–Kier alpha value is -2.32. The number of thiazole rings is 1. The number of rotatable bonds is 5.